The molecule has 4 aliphatic heterocycles. The maximum atomic E-state index is 14.6. The highest BCUT2D eigenvalue weighted by Gasteiger charge is 2.55. The minimum atomic E-state index is -2.02. The molecular weight excluding hydrogens is 889 g/mol. The Labute approximate surface area is 401 Å². The first-order valence-electron chi connectivity index (χ1n) is 23.9. The number of esters is 2. The standard InChI is InChI=1S/C49H78N2O17/c1-16-36-49(11,57)41(54)27(4)39(53)25(2)23-47(9,58-14)42(28(5)40(29(6)44(55)66-36)67-37-24-48(10,59-15)43(30(7)63-37)64-31(8)52)68-45-38(51(12)13)35(21-26(3)62-45)65-46(56)50-32-17-18-33-34(22-32)61-20-19-60-33/h17-18,22,25-30,35-38,40-43,45,54,57H,16,19-21,23-24H2,1-15H3,(H,50,56)/t25-,26-,27+,28+,29-,30+,35-,36-,37-,38+,40+,41-,42-,43+,45+,47+,48-,49-/m1/s1. The fraction of sp³-hybridized carbons (Fsp3) is 0.796. The average Bonchev–Trinajstić information content (AvgIpc) is 3.28. The lowest BCUT2D eigenvalue weighted by Crippen LogP contribution is -2.62. The zero-order valence-corrected chi connectivity index (χ0v) is 42.6. The summed E-state index contributed by atoms with van der Waals surface area (Å²) in [7, 11) is 6.63. The average molecular weight is 967 g/mol. The summed E-state index contributed by atoms with van der Waals surface area (Å²) in [6.07, 6.45) is -10.0. The molecule has 1 amide bonds. The van der Waals surface area contributed by atoms with E-state index in [0.29, 0.717) is 36.8 Å². The van der Waals surface area contributed by atoms with Gasteiger partial charge in [-0.25, -0.2) is 4.79 Å². The number of methoxy groups -OCH3 is 2. The van der Waals surface area contributed by atoms with Gasteiger partial charge in [-0.05, 0) is 80.6 Å². The third-order valence-electron chi connectivity index (χ3n) is 14.5. The van der Waals surface area contributed by atoms with E-state index in [9.17, 15) is 29.4 Å². The van der Waals surface area contributed by atoms with Crippen LogP contribution in [0.4, 0.5) is 10.5 Å². The molecule has 4 aliphatic rings. The van der Waals surface area contributed by atoms with Crippen LogP contribution in [0.5, 0.6) is 11.5 Å². The highest BCUT2D eigenvalue weighted by atomic mass is 16.7. The molecule has 3 saturated heterocycles. The Bertz CT molecular complexity index is 1900. The number of anilines is 1. The number of carbonyl (C=O) groups is 4. The van der Waals surface area contributed by atoms with E-state index in [2.05, 4.69) is 5.32 Å². The van der Waals surface area contributed by atoms with Crippen LogP contribution in [0.15, 0.2) is 18.2 Å². The number of ketones is 1. The molecule has 3 N–H and O–H groups in total. The molecule has 4 heterocycles. The Kier molecular flexibility index (Phi) is 18.4. The van der Waals surface area contributed by atoms with Crippen molar-refractivity contribution in [2.45, 2.75) is 186 Å². The van der Waals surface area contributed by atoms with Crippen molar-refractivity contribution in [2.24, 2.45) is 23.7 Å². The topological polar surface area (TPSA) is 226 Å². The lowest BCUT2D eigenvalue weighted by atomic mass is 9.74. The van der Waals surface area contributed by atoms with E-state index in [1.54, 1.807) is 66.7 Å². The fourth-order valence-corrected chi connectivity index (χ4v) is 10.5. The summed E-state index contributed by atoms with van der Waals surface area (Å²) in [5.74, 6) is -4.30. The SMILES string of the molecule is CC[C@H]1OC(=O)[C@H](C)[C@@H](O[C@@H]2C[C@@](C)(OC)[C@@H](OC(C)=O)[C@H](C)O2)[C@H](C)[C@@H](O[C@@H]2O[C@H](C)C[C@@H](OC(=O)Nc3ccc4c(c3)OCCO4)[C@@H]2N(C)C)[C@@](C)(OC)C[C@@H](C)C(=O)[C@H](C)[C@@H](O)[C@]1(C)O. The number of hydrogen-bond acceptors (Lipinski definition) is 18. The van der Waals surface area contributed by atoms with E-state index in [1.165, 1.54) is 28.1 Å². The molecule has 386 valence electrons. The van der Waals surface area contributed by atoms with Crippen LogP contribution in [-0.4, -0.2) is 165 Å². The number of likely N-dealkylation sites (N-methyl/N-ethyl adjacent to an activating group) is 1. The highest BCUT2D eigenvalue weighted by Crippen LogP contribution is 2.43. The second kappa shape index (κ2) is 22.6. The highest BCUT2D eigenvalue weighted by molar-refractivity contribution is 5.85. The smallest absolute Gasteiger partial charge is 0.411 e. The Balaban J connectivity index is 1.57. The number of nitrogens with one attached hydrogen (secondary N) is 1. The van der Waals surface area contributed by atoms with Crippen LogP contribution in [0, 0.1) is 23.7 Å². The molecule has 0 aliphatic carbocycles. The van der Waals surface area contributed by atoms with E-state index in [0.717, 1.165) is 0 Å². The molecular formula is C49H78N2O17. The summed E-state index contributed by atoms with van der Waals surface area (Å²) in [5, 5.41) is 26.3. The normalized spacial score (nSPS) is 40.7. The van der Waals surface area contributed by atoms with Crippen LogP contribution in [0.25, 0.3) is 0 Å². The number of rotatable bonds is 11. The molecule has 0 aromatic heterocycles. The Morgan fingerprint density at radius 2 is 1.50 bits per heavy atom. The number of fused-ring (bicyclic) bond motifs is 1. The molecule has 0 unspecified atom stereocenters. The van der Waals surface area contributed by atoms with Crippen molar-refractivity contribution in [3.05, 3.63) is 18.2 Å². The molecule has 19 nitrogen and oxygen atoms in total. The van der Waals surface area contributed by atoms with Gasteiger partial charge >= 0.3 is 18.0 Å². The van der Waals surface area contributed by atoms with Gasteiger partial charge in [0.15, 0.2) is 30.2 Å². The van der Waals surface area contributed by atoms with Crippen molar-refractivity contribution in [2.75, 3.05) is 46.8 Å². The molecule has 3 fully saturated rings. The maximum absolute atomic E-state index is 14.6. The molecule has 18 atom stereocenters. The minimum absolute atomic E-state index is 0.0504. The van der Waals surface area contributed by atoms with Crippen LogP contribution in [0.1, 0.15) is 102 Å². The van der Waals surface area contributed by atoms with Crippen molar-refractivity contribution in [1.29, 1.82) is 0 Å². The molecule has 1 aromatic carbocycles. The second-order valence-corrected chi connectivity index (χ2v) is 20.1. The third kappa shape index (κ3) is 12.3. The molecule has 19 heteroatoms. The number of amides is 1. The lowest BCUT2D eigenvalue weighted by Gasteiger charge is -2.50. The number of benzene rings is 1. The van der Waals surface area contributed by atoms with Crippen molar-refractivity contribution >= 4 is 29.5 Å². The van der Waals surface area contributed by atoms with E-state index < -0.39 is 126 Å². The Morgan fingerprint density at radius 1 is 0.868 bits per heavy atom. The number of ether oxygens (including phenoxy) is 11. The van der Waals surface area contributed by atoms with Gasteiger partial charge in [0.2, 0.25) is 0 Å². The summed E-state index contributed by atoms with van der Waals surface area (Å²) in [6.45, 7) is 19.1. The monoisotopic (exact) mass is 967 g/mol. The van der Waals surface area contributed by atoms with Gasteiger partial charge in [-0.3, -0.25) is 24.6 Å². The van der Waals surface area contributed by atoms with E-state index >= 15 is 0 Å². The fourth-order valence-electron chi connectivity index (χ4n) is 10.5. The van der Waals surface area contributed by atoms with Crippen molar-refractivity contribution in [1.82, 2.24) is 4.90 Å². The molecule has 0 radical (unpaired) electrons. The predicted molar refractivity (Wildman–Crippen MR) is 246 cm³/mol. The Morgan fingerprint density at radius 3 is 2.10 bits per heavy atom. The van der Waals surface area contributed by atoms with Gasteiger partial charge in [-0.2, -0.15) is 0 Å². The van der Waals surface area contributed by atoms with Crippen LogP contribution in [0.2, 0.25) is 0 Å². The number of carbonyl (C=O) groups excluding carboxylic acids is 4. The van der Waals surface area contributed by atoms with Gasteiger partial charge < -0.3 is 62.3 Å². The summed E-state index contributed by atoms with van der Waals surface area (Å²) in [6, 6.07) is 4.37. The molecule has 0 spiro atoms. The van der Waals surface area contributed by atoms with Crippen molar-refractivity contribution in [3.63, 3.8) is 0 Å². The number of nitrogens with zero attached hydrogens (tertiary/aromatic N) is 1. The summed E-state index contributed by atoms with van der Waals surface area (Å²) < 4.78 is 68.8. The zero-order chi connectivity index (χ0) is 50.6. The van der Waals surface area contributed by atoms with Gasteiger partial charge in [-0.15, -0.1) is 0 Å². The number of aliphatic hydroxyl groups excluding tert-OH is 1. The van der Waals surface area contributed by atoms with E-state index in [4.69, 9.17) is 52.1 Å². The van der Waals surface area contributed by atoms with Crippen molar-refractivity contribution in [3.8, 4) is 11.5 Å². The van der Waals surface area contributed by atoms with Gasteiger partial charge in [0.25, 0.3) is 0 Å². The van der Waals surface area contributed by atoms with Gasteiger partial charge in [0.1, 0.15) is 42.4 Å². The van der Waals surface area contributed by atoms with Crippen LogP contribution >= 0.6 is 0 Å². The number of aliphatic hydroxyl groups is 2. The van der Waals surface area contributed by atoms with Gasteiger partial charge in [0, 0.05) is 63.5 Å². The quantitative estimate of drug-likeness (QED) is 0.195. The van der Waals surface area contributed by atoms with E-state index in [-0.39, 0.29) is 25.0 Å². The molecule has 5 rings (SSSR count). The first-order valence-corrected chi connectivity index (χ1v) is 23.9. The predicted octanol–water partition coefficient (Wildman–Crippen LogP) is 5.04. The summed E-state index contributed by atoms with van der Waals surface area (Å²) in [5.41, 5.74) is -4.01. The lowest BCUT2D eigenvalue weighted by molar-refractivity contribution is -0.316. The number of hydrogen-bond donors (Lipinski definition) is 3. The minimum Gasteiger partial charge on any atom is -0.486 e. The Hall–Kier alpha value is -3.66. The maximum Gasteiger partial charge on any atom is 0.411 e. The van der Waals surface area contributed by atoms with Crippen LogP contribution in [0.3, 0.4) is 0 Å². The molecule has 1 aromatic rings. The largest absolute Gasteiger partial charge is 0.486 e. The number of Topliss-reactive ketones (excluding diaryl/α,β-unsaturated/α-hetero) is 1. The van der Waals surface area contributed by atoms with E-state index in [1.807, 2.05) is 32.8 Å². The summed E-state index contributed by atoms with van der Waals surface area (Å²) in [4.78, 5) is 56.6. The van der Waals surface area contributed by atoms with Crippen LogP contribution < -0.4 is 14.8 Å². The third-order valence-corrected chi connectivity index (χ3v) is 14.5. The first-order chi connectivity index (χ1) is 31.8. The van der Waals surface area contributed by atoms with Crippen molar-refractivity contribution < 1.29 is 81.5 Å². The molecule has 0 saturated carbocycles. The molecule has 0 bridgehead atoms. The van der Waals surface area contributed by atoms with Gasteiger partial charge in [0.05, 0.1) is 48.1 Å². The van der Waals surface area contributed by atoms with Gasteiger partial charge in [-0.1, -0.05) is 27.7 Å². The summed E-state index contributed by atoms with van der Waals surface area (Å²) >= 11 is 0. The number of cyclic esters (lactones) is 1. The molecule has 68 heavy (non-hydrogen) atoms. The first kappa shape index (κ1) is 55.3. The zero-order valence-electron chi connectivity index (χ0n) is 42.6. The second-order valence-electron chi connectivity index (χ2n) is 20.1. The van der Waals surface area contributed by atoms with Crippen LogP contribution in [-0.2, 0) is 57.0 Å².